The summed E-state index contributed by atoms with van der Waals surface area (Å²) in [5, 5.41) is 12.2. The second-order valence-corrected chi connectivity index (χ2v) is 4.73. The van der Waals surface area contributed by atoms with Crippen molar-refractivity contribution in [3.05, 3.63) is 0 Å². The van der Waals surface area contributed by atoms with Crippen molar-refractivity contribution in [1.29, 1.82) is 0 Å². The van der Waals surface area contributed by atoms with Crippen molar-refractivity contribution < 1.29 is 9.90 Å². The zero-order valence-electron chi connectivity index (χ0n) is 8.12. The molecule has 0 radical (unpaired) electrons. The number of carbonyl (C=O) groups excluding carboxylic acids is 1. The first-order chi connectivity index (χ1) is 6.13. The van der Waals surface area contributed by atoms with Crippen LogP contribution in [0.2, 0.25) is 0 Å². The Hall–Kier alpha value is -0.220. The fourth-order valence-electron chi connectivity index (χ4n) is 1.51. The average Bonchev–Trinajstić information content (AvgIpc) is 2.49. The molecule has 0 saturated heterocycles. The lowest BCUT2D eigenvalue weighted by Crippen LogP contribution is -2.38. The van der Waals surface area contributed by atoms with E-state index in [1.165, 1.54) is 0 Å². The van der Waals surface area contributed by atoms with Gasteiger partial charge in [-0.05, 0) is 32.4 Å². The number of hydrogen-bond acceptors (Lipinski definition) is 3. The maximum atomic E-state index is 11.4. The highest BCUT2D eigenvalue weighted by molar-refractivity contribution is 7.99. The summed E-state index contributed by atoms with van der Waals surface area (Å²) >= 11 is 1.54. The average molecular weight is 203 g/mol. The molecule has 2 N–H and O–H groups in total. The first kappa shape index (κ1) is 10.9. The lowest BCUT2D eigenvalue weighted by molar-refractivity contribution is -0.120. The molecule has 1 aliphatic rings. The molecule has 76 valence electrons. The Labute approximate surface area is 83.3 Å². The van der Waals surface area contributed by atoms with Crippen molar-refractivity contribution in [1.82, 2.24) is 5.32 Å². The van der Waals surface area contributed by atoms with Gasteiger partial charge in [-0.15, -0.1) is 0 Å². The van der Waals surface area contributed by atoms with Crippen LogP contribution in [0.4, 0.5) is 0 Å². The van der Waals surface area contributed by atoms with Crippen LogP contribution in [-0.2, 0) is 4.79 Å². The summed E-state index contributed by atoms with van der Waals surface area (Å²) in [6.45, 7) is 1.89. The zero-order valence-corrected chi connectivity index (χ0v) is 8.93. The molecule has 4 heteroatoms. The van der Waals surface area contributed by atoms with Gasteiger partial charge in [0.1, 0.15) is 0 Å². The Bertz CT molecular complexity index is 186. The van der Waals surface area contributed by atoms with Gasteiger partial charge in [-0.1, -0.05) is 0 Å². The number of thioether (sulfide) groups is 1. The molecular weight excluding hydrogens is 186 g/mol. The number of carbonyl (C=O) groups is 1. The third-order valence-corrected chi connectivity index (χ3v) is 3.40. The number of rotatable bonds is 3. The van der Waals surface area contributed by atoms with Crippen LogP contribution in [0.1, 0.15) is 26.2 Å². The highest BCUT2D eigenvalue weighted by Crippen LogP contribution is 2.19. The highest BCUT2D eigenvalue weighted by Gasteiger charge is 2.25. The number of aliphatic hydroxyl groups excluding tert-OH is 1. The van der Waals surface area contributed by atoms with Crippen molar-refractivity contribution in [3.63, 3.8) is 0 Å². The molecule has 13 heavy (non-hydrogen) atoms. The second kappa shape index (κ2) is 4.86. The molecule has 3 nitrogen and oxygen atoms in total. The van der Waals surface area contributed by atoms with E-state index in [1.807, 2.05) is 13.2 Å². The minimum absolute atomic E-state index is 0.0118. The molecule has 3 atom stereocenters. The SMILES string of the molecule is CSC(C)C(=O)N[C@H]1CC[C@@H](O)C1. The van der Waals surface area contributed by atoms with Crippen LogP contribution in [-0.4, -0.2) is 34.7 Å². The minimum atomic E-state index is -0.213. The molecule has 0 aliphatic heterocycles. The maximum Gasteiger partial charge on any atom is 0.233 e. The minimum Gasteiger partial charge on any atom is -0.393 e. The van der Waals surface area contributed by atoms with Crippen LogP contribution in [0.3, 0.4) is 0 Å². The Morgan fingerprint density at radius 2 is 2.31 bits per heavy atom. The third-order valence-electron chi connectivity index (χ3n) is 2.47. The topological polar surface area (TPSA) is 49.3 Å². The molecular formula is C9H17NO2S. The highest BCUT2D eigenvalue weighted by atomic mass is 32.2. The molecule has 0 bridgehead atoms. The number of hydrogen-bond donors (Lipinski definition) is 2. The largest absolute Gasteiger partial charge is 0.393 e. The van der Waals surface area contributed by atoms with Crippen molar-refractivity contribution in [3.8, 4) is 0 Å². The predicted octanol–water partition coefficient (Wildman–Crippen LogP) is 0.767. The van der Waals surface area contributed by atoms with Crippen molar-refractivity contribution >= 4 is 17.7 Å². The Morgan fingerprint density at radius 1 is 1.62 bits per heavy atom. The van der Waals surface area contributed by atoms with E-state index < -0.39 is 0 Å². The Morgan fingerprint density at radius 3 is 2.77 bits per heavy atom. The van der Waals surface area contributed by atoms with Crippen LogP contribution in [0.25, 0.3) is 0 Å². The summed E-state index contributed by atoms with van der Waals surface area (Å²) in [5.74, 6) is 0.0894. The van der Waals surface area contributed by atoms with Gasteiger partial charge >= 0.3 is 0 Å². The molecule has 0 heterocycles. The molecule has 0 aromatic heterocycles. The van der Waals surface area contributed by atoms with E-state index in [1.54, 1.807) is 11.8 Å². The van der Waals surface area contributed by atoms with Gasteiger partial charge in [0.2, 0.25) is 5.91 Å². The quantitative estimate of drug-likeness (QED) is 0.712. The molecule has 0 aromatic rings. The van der Waals surface area contributed by atoms with Gasteiger partial charge in [0, 0.05) is 6.04 Å². The lowest BCUT2D eigenvalue weighted by atomic mass is 10.2. The van der Waals surface area contributed by atoms with Crippen LogP contribution >= 0.6 is 11.8 Å². The molecule has 1 amide bonds. The number of nitrogens with one attached hydrogen (secondary N) is 1. The lowest BCUT2D eigenvalue weighted by Gasteiger charge is -2.14. The predicted molar refractivity (Wildman–Crippen MR) is 54.8 cm³/mol. The van der Waals surface area contributed by atoms with Crippen LogP contribution in [0.15, 0.2) is 0 Å². The molecule has 1 unspecified atom stereocenters. The van der Waals surface area contributed by atoms with Crippen molar-refractivity contribution in [2.24, 2.45) is 0 Å². The Balaban J connectivity index is 2.28. The summed E-state index contributed by atoms with van der Waals surface area (Å²) in [6.07, 6.45) is 4.16. The summed E-state index contributed by atoms with van der Waals surface area (Å²) in [6, 6.07) is 0.192. The van der Waals surface area contributed by atoms with E-state index >= 15 is 0 Å². The van der Waals surface area contributed by atoms with E-state index in [4.69, 9.17) is 0 Å². The zero-order chi connectivity index (χ0) is 9.84. The van der Waals surface area contributed by atoms with Gasteiger partial charge in [0.15, 0.2) is 0 Å². The summed E-state index contributed by atoms with van der Waals surface area (Å²) in [7, 11) is 0. The van der Waals surface area contributed by atoms with Crippen molar-refractivity contribution in [2.75, 3.05) is 6.26 Å². The monoisotopic (exact) mass is 203 g/mol. The Kier molecular flexibility index (Phi) is 4.06. The summed E-state index contributed by atoms with van der Waals surface area (Å²) < 4.78 is 0. The maximum absolute atomic E-state index is 11.4. The molecule has 1 fully saturated rings. The second-order valence-electron chi connectivity index (χ2n) is 3.55. The molecule has 1 rings (SSSR count). The molecule has 1 saturated carbocycles. The van der Waals surface area contributed by atoms with E-state index in [2.05, 4.69) is 5.32 Å². The number of amides is 1. The number of aliphatic hydroxyl groups is 1. The fraction of sp³-hybridized carbons (Fsp3) is 0.889. The van der Waals surface area contributed by atoms with E-state index in [0.717, 1.165) is 12.8 Å². The standard InChI is InChI=1S/C9H17NO2S/c1-6(13-2)9(12)10-7-3-4-8(11)5-7/h6-8,11H,3-5H2,1-2H3,(H,10,12)/t6?,7-,8+/m0/s1. The summed E-state index contributed by atoms with van der Waals surface area (Å²) in [5.41, 5.74) is 0. The van der Waals surface area contributed by atoms with Crippen molar-refractivity contribution in [2.45, 2.75) is 43.6 Å². The van der Waals surface area contributed by atoms with Gasteiger partial charge in [-0.2, -0.15) is 11.8 Å². The molecule has 0 spiro atoms. The first-order valence-corrected chi connectivity index (χ1v) is 5.93. The summed E-state index contributed by atoms with van der Waals surface area (Å²) in [4.78, 5) is 11.4. The molecule has 1 aliphatic carbocycles. The van der Waals surface area contributed by atoms with Gasteiger partial charge in [0.25, 0.3) is 0 Å². The third kappa shape index (κ3) is 3.19. The van der Waals surface area contributed by atoms with Gasteiger partial charge < -0.3 is 10.4 Å². The molecule has 0 aromatic carbocycles. The van der Waals surface area contributed by atoms with Gasteiger partial charge in [-0.25, -0.2) is 0 Å². The fourth-order valence-corrected chi connectivity index (χ4v) is 1.80. The first-order valence-electron chi connectivity index (χ1n) is 4.64. The van der Waals surface area contributed by atoms with Crippen LogP contribution < -0.4 is 5.32 Å². The van der Waals surface area contributed by atoms with E-state index in [9.17, 15) is 9.90 Å². The van der Waals surface area contributed by atoms with E-state index in [0.29, 0.717) is 6.42 Å². The normalized spacial score (nSPS) is 30.1. The van der Waals surface area contributed by atoms with Crippen LogP contribution in [0.5, 0.6) is 0 Å². The van der Waals surface area contributed by atoms with Gasteiger partial charge in [-0.3, -0.25) is 4.79 Å². The van der Waals surface area contributed by atoms with E-state index in [-0.39, 0.29) is 23.3 Å². The smallest absolute Gasteiger partial charge is 0.233 e. The van der Waals surface area contributed by atoms with Crippen LogP contribution in [0, 0.1) is 0 Å². The van der Waals surface area contributed by atoms with Gasteiger partial charge in [0.05, 0.1) is 11.4 Å².